The third-order valence-corrected chi connectivity index (χ3v) is 4.54. The summed E-state index contributed by atoms with van der Waals surface area (Å²) >= 11 is 15.5. The molecular formula is C18H14BrCl2NO. The van der Waals surface area contributed by atoms with Crippen molar-refractivity contribution in [2.75, 3.05) is 5.32 Å². The highest BCUT2D eigenvalue weighted by Crippen LogP contribution is 2.29. The standard InChI is InChI=1S/C18H14BrCl2NO/c1-11-8-12(19)2-5-15(11)18-7-4-14(23-18)10-22-17-6-3-13(20)9-16(17)21/h2-9,22H,10H2,1H3. The first kappa shape index (κ1) is 16.4. The lowest BCUT2D eigenvalue weighted by molar-refractivity contribution is 0.531. The third kappa shape index (κ3) is 3.92. The van der Waals surface area contributed by atoms with Gasteiger partial charge < -0.3 is 9.73 Å². The molecule has 1 heterocycles. The molecule has 1 N–H and O–H groups in total. The van der Waals surface area contributed by atoms with E-state index in [4.69, 9.17) is 27.6 Å². The fourth-order valence-corrected chi connectivity index (χ4v) is 3.29. The predicted octanol–water partition coefficient (Wildman–Crippen LogP) is 6.94. The maximum atomic E-state index is 6.15. The number of furan rings is 1. The van der Waals surface area contributed by atoms with Crippen LogP contribution in [-0.2, 0) is 6.54 Å². The maximum absolute atomic E-state index is 6.15. The third-order valence-electron chi connectivity index (χ3n) is 3.50. The van der Waals surface area contributed by atoms with Crippen LogP contribution in [0.5, 0.6) is 0 Å². The van der Waals surface area contributed by atoms with Gasteiger partial charge in [-0.25, -0.2) is 0 Å². The molecule has 0 saturated heterocycles. The molecule has 0 radical (unpaired) electrons. The van der Waals surface area contributed by atoms with Crippen LogP contribution in [-0.4, -0.2) is 0 Å². The van der Waals surface area contributed by atoms with Crippen LogP contribution >= 0.6 is 39.1 Å². The molecule has 0 fully saturated rings. The maximum Gasteiger partial charge on any atom is 0.134 e. The zero-order valence-corrected chi connectivity index (χ0v) is 15.5. The quantitative estimate of drug-likeness (QED) is 0.503. The van der Waals surface area contributed by atoms with Gasteiger partial charge >= 0.3 is 0 Å². The molecule has 118 valence electrons. The molecule has 0 atom stereocenters. The van der Waals surface area contributed by atoms with Gasteiger partial charge in [0.25, 0.3) is 0 Å². The lowest BCUT2D eigenvalue weighted by Crippen LogP contribution is -1.98. The molecular weight excluding hydrogens is 397 g/mol. The summed E-state index contributed by atoms with van der Waals surface area (Å²) in [6.45, 7) is 2.62. The topological polar surface area (TPSA) is 25.2 Å². The van der Waals surface area contributed by atoms with Crippen molar-refractivity contribution in [3.8, 4) is 11.3 Å². The largest absolute Gasteiger partial charge is 0.459 e. The molecule has 0 amide bonds. The highest BCUT2D eigenvalue weighted by atomic mass is 79.9. The lowest BCUT2D eigenvalue weighted by atomic mass is 10.1. The first-order chi connectivity index (χ1) is 11.0. The van der Waals surface area contributed by atoms with Gasteiger partial charge in [-0.15, -0.1) is 0 Å². The van der Waals surface area contributed by atoms with Crippen molar-refractivity contribution in [1.82, 2.24) is 0 Å². The van der Waals surface area contributed by atoms with E-state index in [9.17, 15) is 0 Å². The Morgan fingerprint density at radius 1 is 1.04 bits per heavy atom. The normalized spacial score (nSPS) is 10.8. The van der Waals surface area contributed by atoms with Gasteiger partial charge in [0.2, 0.25) is 0 Å². The summed E-state index contributed by atoms with van der Waals surface area (Å²) < 4.78 is 6.99. The second-order valence-electron chi connectivity index (χ2n) is 5.20. The van der Waals surface area contributed by atoms with Gasteiger partial charge in [-0.3, -0.25) is 0 Å². The summed E-state index contributed by atoms with van der Waals surface area (Å²) in [5, 5.41) is 4.46. The molecule has 23 heavy (non-hydrogen) atoms. The Morgan fingerprint density at radius 2 is 1.87 bits per heavy atom. The van der Waals surface area contributed by atoms with E-state index in [0.29, 0.717) is 16.6 Å². The Labute approximate surface area is 153 Å². The molecule has 0 saturated carbocycles. The second kappa shape index (κ2) is 7.00. The Bertz CT molecular complexity index is 845. The minimum absolute atomic E-state index is 0.553. The molecule has 0 aliphatic carbocycles. The van der Waals surface area contributed by atoms with E-state index in [1.165, 1.54) is 0 Å². The summed E-state index contributed by atoms with van der Waals surface area (Å²) in [7, 11) is 0. The average molecular weight is 411 g/mol. The van der Waals surface area contributed by atoms with Crippen molar-refractivity contribution >= 4 is 44.8 Å². The number of anilines is 1. The van der Waals surface area contributed by atoms with E-state index < -0.39 is 0 Å². The van der Waals surface area contributed by atoms with Gasteiger partial charge in [-0.05, 0) is 61.0 Å². The number of benzene rings is 2. The molecule has 3 rings (SSSR count). The van der Waals surface area contributed by atoms with Gasteiger partial charge in [0.1, 0.15) is 11.5 Å². The van der Waals surface area contributed by atoms with Crippen LogP contribution in [0.2, 0.25) is 10.0 Å². The van der Waals surface area contributed by atoms with Crippen molar-refractivity contribution < 1.29 is 4.42 Å². The SMILES string of the molecule is Cc1cc(Br)ccc1-c1ccc(CNc2ccc(Cl)cc2Cl)o1. The van der Waals surface area contributed by atoms with Crippen molar-refractivity contribution in [1.29, 1.82) is 0 Å². The summed E-state index contributed by atoms with van der Waals surface area (Å²) in [6, 6.07) is 15.4. The molecule has 3 aromatic rings. The summed E-state index contributed by atoms with van der Waals surface area (Å²) in [4.78, 5) is 0. The predicted molar refractivity (Wildman–Crippen MR) is 100 cm³/mol. The molecule has 0 aliphatic rings. The van der Waals surface area contributed by atoms with E-state index in [2.05, 4.69) is 34.2 Å². The van der Waals surface area contributed by atoms with E-state index in [1.807, 2.05) is 30.3 Å². The Kier molecular flexibility index (Phi) is 5.00. The molecule has 0 unspecified atom stereocenters. The monoisotopic (exact) mass is 409 g/mol. The fraction of sp³-hybridized carbons (Fsp3) is 0.111. The van der Waals surface area contributed by atoms with Crippen LogP contribution in [0.3, 0.4) is 0 Å². The van der Waals surface area contributed by atoms with Gasteiger partial charge in [0.15, 0.2) is 0 Å². The number of hydrogen-bond donors (Lipinski definition) is 1. The fourth-order valence-electron chi connectivity index (χ4n) is 2.34. The van der Waals surface area contributed by atoms with E-state index >= 15 is 0 Å². The highest BCUT2D eigenvalue weighted by molar-refractivity contribution is 9.10. The Morgan fingerprint density at radius 3 is 2.61 bits per heavy atom. The van der Waals surface area contributed by atoms with E-state index in [1.54, 1.807) is 12.1 Å². The molecule has 0 aliphatic heterocycles. The Hall–Kier alpha value is -1.42. The van der Waals surface area contributed by atoms with Gasteiger partial charge in [0, 0.05) is 15.1 Å². The van der Waals surface area contributed by atoms with E-state index in [0.717, 1.165) is 32.8 Å². The molecule has 2 aromatic carbocycles. The van der Waals surface area contributed by atoms with Gasteiger partial charge in [-0.1, -0.05) is 39.1 Å². The number of hydrogen-bond acceptors (Lipinski definition) is 2. The first-order valence-corrected chi connectivity index (χ1v) is 8.62. The number of aryl methyl sites for hydroxylation is 1. The molecule has 0 bridgehead atoms. The minimum atomic E-state index is 0.553. The van der Waals surface area contributed by atoms with Crippen molar-refractivity contribution in [3.05, 3.63) is 74.4 Å². The minimum Gasteiger partial charge on any atom is -0.459 e. The zero-order valence-electron chi connectivity index (χ0n) is 12.4. The van der Waals surface area contributed by atoms with Crippen LogP contribution in [0, 0.1) is 6.92 Å². The van der Waals surface area contributed by atoms with Crippen LogP contribution in [0.1, 0.15) is 11.3 Å². The summed E-state index contributed by atoms with van der Waals surface area (Å²) in [5.74, 6) is 1.70. The number of nitrogens with one attached hydrogen (secondary N) is 1. The highest BCUT2D eigenvalue weighted by Gasteiger charge is 2.08. The summed E-state index contributed by atoms with van der Waals surface area (Å²) in [6.07, 6.45) is 0. The van der Waals surface area contributed by atoms with Crippen molar-refractivity contribution in [2.24, 2.45) is 0 Å². The molecule has 1 aromatic heterocycles. The van der Waals surface area contributed by atoms with Crippen LogP contribution in [0.4, 0.5) is 5.69 Å². The molecule has 5 heteroatoms. The van der Waals surface area contributed by atoms with Gasteiger partial charge in [-0.2, -0.15) is 0 Å². The zero-order chi connectivity index (χ0) is 16.4. The van der Waals surface area contributed by atoms with Crippen molar-refractivity contribution in [2.45, 2.75) is 13.5 Å². The van der Waals surface area contributed by atoms with E-state index in [-0.39, 0.29) is 0 Å². The molecule has 2 nitrogen and oxygen atoms in total. The average Bonchev–Trinajstić information content (AvgIpc) is 2.95. The lowest BCUT2D eigenvalue weighted by Gasteiger charge is -2.07. The van der Waals surface area contributed by atoms with Gasteiger partial charge in [0.05, 0.1) is 17.3 Å². The Balaban J connectivity index is 1.74. The molecule has 0 spiro atoms. The number of rotatable bonds is 4. The van der Waals surface area contributed by atoms with Crippen LogP contribution < -0.4 is 5.32 Å². The smallest absolute Gasteiger partial charge is 0.134 e. The summed E-state index contributed by atoms with van der Waals surface area (Å²) in [5.41, 5.74) is 3.08. The van der Waals surface area contributed by atoms with Crippen LogP contribution in [0.15, 0.2) is 57.4 Å². The second-order valence-corrected chi connectivity index (χ2v) is 6.96. The first-order valence-electron chi connectivity index (χ1n) is 7.07. The van der Waals surface area contributed by atoms with Crippen molar-refractivity contribution in [3.63, 3.8) is 0 Å². The van der Waals surface area contributed by atoms with Crippen LogP contribution in [0.25, 0.3) is 11.3 Å². The number of halogens is 3.